The van der Waals surface area contributed by atoms with E-state index in [4.69, 9.17) is 35.1 Å². The molecule has 1 spiro atoms. The fourth-order valence-electron chi connectivity index (χ4n) is 5.65. The van der Waals surface area contributed by atoms with Crippen LogP contribution in [0.5, 0.6) is 23.0 Å². The monoisotopic (exact) mass is 619 g/mol. The number of fused-ring (bicyclic) bond motifs is 1. The van der Waals surface area contributed by atoms with E-state index < -0.39 is 0 Å². The van der Waals surface area contributed by atoms with Gasteiger partial charge in [0.15, 0.2) is 11.5 Å². The molecule has 0 aliphatic carbocycles. The van der Waals surface area contributed by atoms with Crippen LogP contribution >= 0.6 is 11.6 Å². The van der Waals surface area contributed by atoms with Gasteiger partial charge < -0.3 is 28.4 Å². The highest BCUT2D eigenvalue weighted by atomic mass is 35.5. The molecule has 2 aliphatic heterocycles. The van der Waals surface area contributed by atoms with Crippen LogP contribution in [-0.2, 0) is 27.2 Å². The van der Waals surface area contributed by atoms with Crippen LogP contribution in [0, 0.1) is 12.3 Å². The Hall–Kier alpha value is -4.15. The molecule has 0 saturated carbocycles. The largest absolute Gasteiger partial charge is 0.493 e. The van der Waals surface area contributed by atoms with Gasteiger partial charge in [-0.25, -0.2) is 0 Å². The van der Waals surface area contributed by atoms with Crippen LogP contribution in [0.4, 0.5) is 0 Å². The third kappa shape index (κ3) is 6.66. The van der Waals surface area contributed by atoms with Crippen LogP contribution < -0.4 is 14.2 Å². The number of Topliss-reactive ketones (excluding diaryl/α,β-unsaturated/α-hetero) is 1. The lowest BCUT2D eigenvalue weighted by atomic mass is 9.77. The topological polar surface area (TPSA) is 113 Å². The number of pyridine rings is 1. The number of likely N-dealkylation sites (tertiary alicyclic amines) is 1. The molecule has 0 atom stereocenters. The third-order valence-electron chi connectivity index (χ3n) is 8.25. The Morgan fingerprint density at radius 2 is 1.84 bits per heavy atom. The lowest BCUT2D eigenvalue weighted by Crippen LogP contribution is -2.52. The van der Waals surface area contributed by atoms with Crippen LogP contribution in [0.2, 0.25) is 5.02 Å². The van der Waals surface area contributed by atoms with Gasteiger partial charge in [-0.2, -0.15) is 0 Å². The molecule has 0 bridgehead atoms. The molecule has 11 heteroatoms. The van der Waals surface area contributed by atoms with Crippen LogP contribution in [0.3, 0.4) is 0 Å². The molecule has 44 heavy (non-hydrogen) atoms. The summed E-state index contributed by atoms with van der Waals surface area (Å²) in [6.45, 7) is 5.18. The molecule has 10 nitrogen and oxygen atoms in total. The maximum absolute atomic E-state index is 12.8. The van der Waals surface area contributed by atoms with Gasteiger partial charge in [0.1, 0.15) is 23.0 Å². The number of carbonyl (C=O) groups is 2. The SMILES string of the molecule is COc1cc2c(Oc3ccc(CC(=O)Cc4cc(C)on4)c(Cl)c3)ccnc2cc1OCCC(=O)N1CCC2(CC1)COC2. The number of methoxy groups -OCH3 is 1. The summed E-state index contributed by atoms with van der Waals surface area (Å²) in [5, 5.41) is 5.02. The summed E-state index contributed by atoms with van der Waals surface area (Å²) in [6, 6.07) is 12.3. The normalized spacial score (nSPS) is 15.7. The smallest absolute Gasteiger partial charge is 0.225 e. The minimum Gasteiger partial charge on any atom is -0.493 e. The van der Waals surface area contributed by atoms with E-state index in [1.165, 1.54) is 0 Å². The number of aryl methyl sites for hydroxylation is 1. The molecule has 2 aliphatic rings. The predicted molar refractivity (Wildman–Crippen MR) is 163 cm³/mol. The van der Waals surface area contributed by atoms with Crippen molar-refractivity contribution in [1.29, 1.82) is 0 Å². The van der Waals surface area contributed by atoms with E-state index in [2.05, 4.69) is 10.1 Å². The molecular formula is C33H34ClN3O7. The lowest BCUT2D eigenvalue weighted by molar-refractivity contribution is -0.153. The first-order valence-electron chi connectivity index (χ1n) is 14.7. The summed E-state index contributed by atoms with van der Waals surface area (Å²) in [6.07, 6.45) is 4.26. The van der Waals surface area contributed by atoms with Gasteiger partial charge in [-0.3, -0.25) is 14.6 Å². The molecule has 2 fully saturated rings. The van der Waals surface area contributed by atoms with Crippen molar-refractivity contribution in [1.82, 2.24) is 15.0 Å². The average Bonchev–Trinajstić information content (AvgIpc) is 3.41. The molecule has 0 N–H and O–H groups in total. The summed E-state index contributed by atoms with van der Waals surface area (Å²) in [5.41, 5.74) is 2.23. The number of carbonyl (C=O) groups excluding carboxylic acids is 2. The van der Waals surface area contributed by atoms with Gasteiger partial charge in [0.2, 0.25) is 5.91 Å². The summed E-state index contributed by atoms with van der Waals surface area (Å²) in [4.78, 5) is 31.7. The first kappa shape index (κ1) is 29.9. The van der Waals surface area contributed by atoms with Crippen molar-refractivity contribution in [3.8, 4) is 23.0 Å². The Morgan fingerprint density at radius 1 is 1.02 bits per heavy atom. The molecule has 4 aromatic rings. The quantitative estimate of drug-likeness (QED) is 0.207. The molecule has 0 radical (unpaired) electrons. The summed E-state index contributed by atoms with van der Waals surface area (Å²) in [5.74, 6) is 2.80. The average molecular weight is 620 g/mol. The summed E-state index contributed by atoms with van der Waals surface area (Å²) in [7, 11) is 1.56. The van der Waals surface area contributed by atoms with E-state index in [0.29, 0.717) is 55.9 Å². The highest BCUT2D eigenvalue weighted by molar-refractivity contribution is 6.31. The Morgan fingerprint density at radius 3 is 2.52 bits per heavy atom. The Kier molecular flexibility index (Phi) is 8.72. The third-order valence-corrected chi connectivity index (χ3v) is 8.60. The van der Waals surface area contributed by atoms with Crippen molar-refractivity contribution in [2.24, 2.45) is 5.41 Å². The van der Waals surface area contributed by atoms with Gasteiger partial charge in [-0.05, 0) is 49.6 Å². The number of rotatable bonds is 11. The number of ketones is 1. The van der Waals surface area contributed by atoms with Gasteiger partial charge in [-0.1, -0.05) is 22.8 Å². The van der Waals surface area contributed by atoms with Crippen molar-refractivity contribution < 1.29 is 33.1 Å². The van der Waals surface area contributed by atoms with E-state index in [-0.39, 0.29) is 43.0 Å². The van der Waals surface area contributed by atoms with E-state index in [9.17, 15) is 9.59 Å². The van der Waals surface area contributed by atoms with Gasteiger partial charge in [0, 0.05) is 53.7 Å². The molecular weight excluding hydrogens is 586 g/mol. The number of nitrogens with zero attached hydrogens (tertiary/aromatic N) is 3. The highest BCUT2D eigenvalue weighted by Crippen LogP contribution is 2.39. The summed E-state index contributed by atoms with van der Waals surface area (Å²) < 4.78 is 28.2. The second-order valence-corrected chi connectivity index (χ2v) is 11.9. The van der Waals surface area contributed by atoms with Crippen molar-refractivity contribution in [2.45, 2.75) is 39.0 Å². The highest BCUT2D eigenvalue weighted by Gasteiger charge is 2.41. The number of hydrogen-bond donors (Lipinski definition) is 0. The molecule has 1 amide bonds. The predicted octanol–water partition coefficient (Wildman–Crippen LogP) is 5.75. The number of piperidine rings is 1. The molecule has 2 aromatic carbocycles. The standard InChI is InChI=1S/C33H34ClN3O7/c1-21-13-23(36-44-21)15-24(38)14-22-3-4-25(16-27(22)34)43-29-5-9-35-28-18-31(30(40-2)17-26(28)29)42-12-6-32(39)37-10-7-33(8-11-37)19-41-20-33/h3-5,9,13,16-18H,6-8,10-12,14-15,19-20H2,1-2H3. The van der Waals surface area contributed by atoms with Gasteiger partial charge in [-0.15, -0.1) is 0 Å². The zero-order valence-corrected chi connectivity index (χ0v) is 25.5. The molecule has 2 saturated heterocycles. The molecule has 6 rings (SSSR count). The number of hydrogen-bond acceptors (Lipinski definition) is 9. The molecule has 0 unspecified atom stereocenters. The Balaban J connectivity index is 1.08. The fourth-order valence-corrected chi connectivity index (χ4v) is 5.88. The van der Waals surface area contributed by atoms with E-state index in [0.717, 1.165) is 39.1 Å². The number of aromatic nitrogens is 2. The van der Waals surface area contributed by atoms with Crippen LogP contribution in [0.25, 0.3) is 10.9 Å². The van der Waals surface area contributed by atoms with E-state index in [1.54, 1.807) is 62.7 Å². The van der Waals surface area contributed by atoms with E-state index >= 15 is 0 Å². The van der Waals surface area contributed by atoms with Gasteiger partial charge in [0.05, 0.1) is 51.0 Å². The second-order valence-electron chi connectivity index (χ2n) is 11.5. The van der Waals surface area contributed by atoms with E-state index in [1.807, 2.05) is 4.90 Å². The first-order chi connectivity index (χ1) is 21.3. The van der Waals surface area contributed by atoms with Crippen molar-refractivity contribution in [2.75, 3.05) is 40.0 Å². The zero-order chi connectivity index (χ0) is 30.7. The maximum Gasteiger partial charge on any atom is 0.225 e. The van der Waals surface area contributed by atoms with Gasteiger partial charge >= 0.3 is 0 Å². The molecule has 2 aromatic heterocycles. The number of amides is 1. The fraction of sp³-hybridized carbons (Fsp3) is 0.394. The first-order valence-corrected chi connectivity index (χ1v) is 15.0. The lowest BCUT2D eigenvalue weighted by Gasteiger charge is -2.47. The minimum atomic E-state index is -0.0209. The second kappa shape index (κ2) is 12.8. The Bertz CT molecular complexity index is 1670. The molecule has 230 valence electrons. The van der Waals surface area contributed by atoms with Gasteiger partial charge in [0.25, 0.3) is 0 Å². The number of ether oxygens (including phenoxy) is 4. The Labute approximate surface area is 260 Å². The number of benzene rings is 2. The van der Waals surface area contributed by atoms with Crippen molar-refractivity contribution in [3.63, 3.8) is 0 Å². The van der Waals surface area contributed by atoms with Crippen LogP contribution in [0.15, 0.2) is 53.2 Å². The minimum absolute atomic E-state index is 0.0209. The van der Waals surface area contributed by atoms with Crippen LogP contribution in [-0.4, -0.2) is 66.8 Å². The number of halogens is 1. The summed E-state index contributed by atoms with van der Waals surface area (Å²) >= 11 is 6.53. The van der Waals surface area contributed by atoms with Crippen LogP contribution in [0.1, 0.15) is 36.3 Å². The zero-order valence-electron chi connectivity index (χ0n) is 24.8. The van der Waals surface area contributed by atoms with Crippen molar-refractivity contribution >= 4 is 34.2 Å². The van der Waals surface area contributed by atoms with Crippen molar-refractivity contribution in [3.05, 3.63) is 70.7 Å². The molecule has 4 heterocycles. The maximum atomic E-state index is 12.8.